The molecule has 39 heavy (non-hydrogen) atoms. The van der Waals surface area contributed by atoms with Crippen LogP contribution in [0.4, 0.5) is 0 Å². The van der Waals surface area contributed by atoms with Crippen LogP contribution in [0.15, 0.2) is 127 Å². The van der Waals surface area contributed by atoms with Gasteiger partial charge in [-0.25, -0.2) is 4.98 Å². The summed E-state index contributed by atoms with van der Waals surface area (Å²) >= 11 is 1.82. The van der Waals surface area contributed by atoms with Gasteiger partial charge in [-0.3, -0.25) is 9.13 Å². The number of benzene rings is 5. The van der Waals surface area contributed by atoms with Gasteiger partial charge >= 0.3 is 0 Å². The molecule has 182 valence electrons. The van der Waals surface area contributed by atoms with Gasteiger partial charge in [0, 0.05) is 37.0 Å². The maximum absolute atomic E-state index is 5.52. The molecule has 0 fully saturated rings. The Labute approximate surface area is 227 Å². The molecule has 0 spiro atoms. The van der Waals surface area contributed by atoms with Gasteiger partial charge in [-0.1, -0.05) is 91.0 Å². The van der Waals surface area contributed by atoms with Gasteiger partial charge in [0.15, 0.2) is 5.82 Å². The lowest BCUT2D eigenvalue weighted by atomic mass is 10.2. The summed E-state index contributed by atoms with van der Waals surface area (Å²) in [5.41, 5.74) is 4.67. The van der Waals surface area contributed by atoms with Crippen molar-refractivity contribution in [3.63, 3.8) is 0 Å². The predicted molar refractivity (Wildman–Crippen MR) is 166 cm³/mol. The maximum atomic E-state index is 5.52. The number of thiophene rings is 1. The number of para-hydroxylation sites is 4. The van der Waals surface area contributed by atoms with Gasteiger partial charge in [0.2, 0.25) is 0 Å². The summed E-state index contributed by atoms with van der Waals surface area (Å²) < 4.78 is 7.16. The Morgan fingerprint density at radius 3 is 1.41 bits per heavy atom. The molecule has 3 nitrogen and oxygen atoms in total. The number of hydrogen-bond acceptors (Lipinski definition) is 2. The number of hydrogen-bond donors (Lipinski definition) is 0. The Kier molecular flexibility index (Phi) is 4.21. The molecule has 0 amide bonds. The van der Waals surface area contributed by atoms with Crippen molar-refractivity contribution in [1.82, 2.24) is 14.1 Å². The van der Waals surface area contributed by atoms with Gasteiger partial charge in [-0.05, 0) is 36.4 Å². The molecule has 0 N–H and O–H groups in total. The number of nitrogens with zero attached hydrogens (tertiary/aromatic N) is 3. The summed E-state index contributed by atoms with van der Waals surface area (Å²) in [7, 11) is 0. The van der Waals surface area contributed by atoms with Crippen LogP contribution >= 0.6 is 11.3 Å². The minimum absolute atomic E-state index is 0.931. The third-order valence-electron chi connectivity index (χ3n) is 7.93. The van der Waals surface area contributed by atoms with Crippen molar-refractivity contribution in [2.75, 3.05) is 0 Å². The third kappa shape index (κ3) is 2.84. The zero-order valence-electron chi connectivity index (χ0n) is 20.9. The smallest absolute Gasteiger partial charge is 0.158 e. The fourth-order valence-electron chi connectivity index (χ4n) is 6.28. The van der Waals surface area contributed by atoms with Crippen LogP contribution in [0, 0.1) is 0 Å². The van der Waals surface area contributed by atoms with Crippen molar-refractivity contribution in [3.8, 4) is 11.6 Å². The fraction of sp³-hybridized carbons (Fsp3) is 0. The van der Waals surface area contributed by atoms with Gasteiger partial charge in [-0.2, -0.15) is 0 Å². The number of pyridine rings is 1. The van der Waals surface area contributed by atoms with Crippen LogP contribution in [-0.4, -0.2) is 14.1 Å². The van der Waals surface area contributed by atoms with Crippen molar-refractivity contribution < 1.29 is 0 Å². The molecule has 9 rings (SSSR count). The van der Waals surface area contributed by atoms with Crippen molar-refractivity contribution in [1.29, 1.82) is 0 Å². The van der Waals surface area contributed by atoms with Crippen molar-refractivity contribution in [3.05, 3.63) is 127 Å². The standard InChI is InChI=1S/C35H21N3S/c1-6-16-28-22(11-1)23-12-2-7-17-29(23)37(28)33-21-27-26-15-5-10-20-32(26)39-34(27)35(36-33)38-30-18-8-3-13-24(30)25-14-4-9-19-31(25)38/h1-21H. The molecule has 0 saturated heterocycles. The van der Waals surface area contributed by atoms with Crippen molar-refractivity contribution >= 4 is 75.1 Å². The van der Waals surface area contributed by atoms with Gasteiger partial charge in [0.25, 0.3) is 0 Å². The van der Waals surface area contributed by atoms with Crippen LogP contribution in [-0.2, 0) is 0 Å². The normalized spacial score (nSPS) is 12.1. The highest BCUT2D eigenvalue weighted by Crippen LogP contribution is 2.42. The van der Waals surface area contributed by atoms with Gasteiger partial charge in [0.05, 0.1) is 26.8 Å². The number of fused-ring (bicyclic) bond motifs is 9. The zero-order valence-corrected chi connectivity index (χ0v) is 21.7. The van der Waals surface area contributed by atoms with Crippen LogP contribution in [0.1, 0.15) is 0 Å². The first-order valence-corrected chi connectivity index (χ1v) is 14.0. The van der Waals surface area contributed by atoms with Crippen LogP contribution < -0.4 is 0 Å². The lowest BCUT2D eigenvalue weighted by Crippen LogP contribution is -2.03. The molecule has 9 aromatic rings. The van der Waals surface area contributed by atoms with Crippen LogP contribution in [0.25, 0.3) is 75.4 Å². The predicted octanol–water partition coefficient (Wildman–Crippen LogP) is 9.64. The second kappa shape index (κ2) is 7.79. The molecule has 0 aliphatic carbocycles. The molecule has 0 unspecified atom stereocenters. The molecule has 4 aromatic heterocycles. The van der Waals surface area contributed by atoms with Crippen LogP contribution in [0.3, 0.4) is 0 Å². The molecule has 0 saturated carbocycles. The summed E-state index contributed by atoms with van der Waals surface area (Å²) in [6.07, 6.45) is 0. The first kappa shape index (κ1) is 21.1. The van der Waals surface area contributed by atoms with E-state index >= 15 is 0 Å². The molecule has 5 aromatic carbocycles. The Hall–Kier alpha value is -4.93. The molecule has 0 aliphatic heterocycles. The molecule has 0 atom stereocenters. The fourth-order valence-corrected chi connectivity index (χ4v) is 7.44. The van der Waals surface area contributed by atoms with E-state index in [1.165, 1.54) is 63.8 Å². The van der Waals surface area contributed by atoms with Gasteiger partial charge in [-0.15, -0.1) is 11.3 Å². The van der Waals surface area contributed by atoms with Crippen LogP contribution in [0.2, 0.25) is 0 Å². The Morgan fingerprint density at radius 1 is 0.436 bits per heavy atom. The lowest BCUT2D eigenvalue weighted by Gasteiger charge is -2.13. The Morgan fingerprint density at radius 2 is 0.872 bits per heavy atom. The van der Waals surface area contributed by atoms with E-state index in [1.807, 2.05) is 11.3 Å². The average molecular weight is 516 g/mol. The van der Waals surface area contributed by atoms with E-state index in [-0.39, 0.29) is 0 Å². The molecular weight excluding hydrogens is 494 g/mol. The minimum atomic E-state index is 0.931. The summed E-state index contributed by atoms with van der Waals surface area (Å²) in [5.74, 6) is 1.91. The zero-order chi connectivity index (χ0) is 25.5. The third-order valence-corrected chi connectivity index (χ3v) is 9.11. The molecular formula is C35H21N3S. The molecule has 0 radical (unpaired) electrons. The second-order valence-corrected chi connectivity index (χ2v) is 11.1. The largest absolute Gasteiger partial charge is 0.294 e. The minimum Gasteiger partial charge on any atom is -0.294 e. The molecule has 0 aliphatic rings. The SMILES string of the molecule is c1ccc2c(c1)sc1c(-n3c4ccccc4c4ccccc43)nc(-n3c4ccccc4c4ccccc43)cc12. The van der Waals surface area contributed by atoms with E-state index < -0.39 is 0 Å². The van der Waals surface area contributed by atoms with Gasteiger partial charge < -0.3 is 0 Å². The monoisotopic (exact) mass is 515 g/mol. The first-order chi connectivity index (χ1) is 19.4. The lowest BCUT2D eigenvalue weighted by molar-refractivity contribution is 1.03. The number of aromatic nitrogens is 3. The average Bonchev–Trinajstić information content (AvgIpc) is 3.65. The van der Waals surface area contributed by atoms with E-state index in [0.717, 1.165) is 11.6 Å². The Bertz CT molecular complexity index is 2300. The van der Waals surface area contributed by atoms with Crippen molar-refractivity contribution in [2.24, 2.45) is 0 Å². The highest BCUT2D eigenvalue weighted by Gasteiger charge is 2.21. The second-order valence-electron chi connectivity index (χ2n) is 10.0. The summed E-state index contributed by atoms with van der Waals surface area (Å²) in [4.78, 5) is 5.52. The van der Waals surface area contributed by atoms with Crippen molar-refractivity contribution in [2.45, 2.75) is 0 Å². The topological polar surface area (TPSA) is 22.8 Å². The molecule has 4 heterocycles. The summed E-state index contributed by atoms with van der Waals surface area (Å²) in [5, 5.41) is 7.47. The molecule has 4 heteroatoms. The van der Waals surface area contributed by atoms with E-state index in [4.69, 9.17) is 4.98 Å². The molecule has 0 bridgehead atoms. The van der Waals surface area contributed by atoms with E-state index in [0.29, 0.717) is 0 Å². The quantitative estimate of drug-likeness (QED) is 0.225. The number of rotatable bonds is 2. The van der Waals surface area contributed by atoms with E-state index in [1.54, 1.807) is 0 Å². The summed E-state index contributed by atoms with van der Waals surface area (Å²) in [6, 6.07) is 45.6. The van der Waals surface area contributed by atoms with Crippen LogP contribution in [0.5, 0.6) is 0 Å². The highest BCUT2D eigenvalue weighted by atomic mass is 32.1. The Balaban J connectivity index is 1.50. The maximum Gasteiger partial charge on any atom is 0.158 e. The van der Waals surface area contributed by atoms with E-state index in [9.17, 15) is 0 Å². The van der Waals surface area contributed by atoms with E-state index in [2.05, 4.69) is 137 Å². The summed E-state index contributed by atoms with van der Waals surface area (Å²) in [6.45, 7) is 0. The first-order valence-electron chi connectivity index (χ1n) is 13.2. The highest BCUT2D eigenvalue weighted by molar-refractivity contribution is 7.26. The van der Waals surface area contributed by atoms with Gasteiger partial charge in [0.1, 0.15) is 5.82 Å².